The van der Waals surface area contributed by atoms with Gasteiger partial charge in [-0.15, -0.1) is 0 Å². The van der Waals surface area contributed by atoms with Crippen LogP contribution in [0.15, 0.2) is 60.7 Å². The van der Waals surface area contributed by atoms with Gasteiger partial charge in [-0.3, -0.25) is 4.90 Å². The first-order valence-electron chi connectivity index (χ1n) is 6.87. The van der Waals surface area contributed by atoms with Crippen molar-refractivity contribution >= 4 is 17.7 Å². The molecule has 0 saturated carbocycles. The number of anilines is 1. The molecule has 0 spiro atoms. The summed E-state index contributed by atoms with van der Waals surface area (Å²) in [5.74, 6) is -1.10. The van der Waals surface area contributed by atoms with E-state index in [1.54, 1.807) is 30.3 Å². The zero-order chi connectivity index (χ0) is 15.9. The summed E-state index contributed by atoms with van der Waals surface area (Å²) in [6, 6.07) is 16.8. The van der Waals surface area contributed by atoms with Gasteiger partial charge < -0.3 is 9.84 Å². The summed E-state index contributed by atoms with van der Waals surface area (Å²) < 4.78 is 5.24. The Morgan fingerprint density at radius 1 is 1.05 bits per heavy atom. The molecule has 0 aliphatic heterocycles. The van der Waals surface area contributed by atoms with Crippen LogP contribution in [-0.2, 0) is 16.1 Å². The molecule has 0 aromatic heterocycles. The van der Waals surface area contributed by atoms with E-state index >= 15 is 0 Å². The van der Waals surface area contributed by atoms with Crippen molar-refractivity contribution in [1.82, 2.24) is 0 Å². The third kappa shape index (κ3) is 3.85. The van der Waals surface area contributed by atoms with Gasteiger partial charge in [-0.2, -0.15) is 0 Å². The van der Waals surface area contributed by atoms with Gasteiger partial charge in [-0.25, -0.2) is 9.59 Å². The molecule has 0 fully saturated rings. The second kappa shape index (κ2) is 7.26. The molecule has 1 amide bonds. The van der Waals surface area contributed by atoms with Crippen LogP contribution in [0.1, 0.15) is 12.5 Å². The van der Waals surface area contributed by atoms with Crippen LogP contribution in [0, 0.1) is 0 Å². The minimum absolute atomic E-state index is 0.0926. The first-order chi connectivity index (χ1) is 10.6. The van der Waals surface area contributed by atoms with E-state index in [-0.39, 0.29) is 6.61 Å². The van der Waals surface area contributed by atoms with Gasteiger partial charge in [0.15, 0.2) is 0 Å². The highest BCUT2D eigenvalue weighted by molar-refractivity contribution is 5.94. The number of ether oxygens (including phenoxy) is 1. The van der Waals surface area contributed by atoms with Crippen LogP contribution < -0.4 is 4.90 Å². The Hall–Kier alpha value is -2.82. The molecule has 5 nitrogen and oxygen atoms in total. The molecule has 0 unspecified atom stereocenters. The van der Waals surface area contributed by atoms with Crippen LogP contribution in [-0.4, -0.2) is 23.2 Å². The van der Waals surface area contributed by atoms with Crippen molar-refractivity contribution in [3.63, 3.8) is 0 Å². The van der Waals surface area contributed by atoms with Gasteiger partial charge in [0, 0.05) is 5.69 Å². The van der Waals surface area contributed by atoms with Gasteiger partial charge in [-0.1, -0.05) is 48.5 Å². The SMILES string of the molecule is C[C@H](C(=O)O)N(C(=O)OCc1ccccc1)c1ccccc1. The lowest BCUT2D eigenvalue weighted by molar-refractivity contribution is -0.138. The van der Waals surface area contributed by atoms with Crippen LogP contribution in [0.2, 0.25) is 0 Å². The van der Waals surface area contributed by atoms with Gasteiger partial charge in [0.2, 0.25) is 0 Å². The summed E-state index contributed by atoms with van der Waals surface area (Å²) in [6.45, 7) is 1.54. The van der Waals surface area contributed by atoms with Crippen LogP contribution >= 0.6 is 0 Å². The number of carbonyl (C=O) groups excluding carboxylic acids is 1. The number of hydrogen-bond acceptors (Lipinski definition) is 3. The molecule has 0 aliphatic rings. The molecule has 2 rings (SSSR count). The van der Waals surface area contributed by atoms with Crippen LogP contribution in [0.25, 0.3) is 0 Å². The molecule has 0 bridgehead atoms. The highest BCUT2D eigenvalue weighted by Crippen LogP contribution is 2.18. The summed E-state index contributed by atoms with van der Waals surface area (Å²) in [5.41, 5.74) is 1.32. The quantitative estimate of drug-likeness (QED) is 0.920. The molecule has 5 heteroatoms. The van der Waals surface area contributed by atoms with Gasteiger partial charge in [-0.05, 0) is 24.6 Å². The molecular formula is C17H17NO4. The zero-order valence-electron chi connectivity index (χ0n) is 12.2. The third-order valence-corrected chi connectivity index (χ3v) is 3.18. The Kier molecular flexibility index (Phi) is 5.14. The summed E-state index contributed by atoms with van der Waals surface area (Å²) in [5, 5.41) is 9.20. The molecular weight excluding hydrogens is 282 g/mol. The number of carboxylic acid groups (broad SMARTS) is 1. The summed E-state index contributed by atoms with van der Waals surface area (Å²) in [6.07, 6.45) is -0.690. The highest BCUT2D eigenvalue weighted by Gasteiger charge is 2.28. The summed E-state index contributed by atoms with van der Waals surface area (Å²) >= 11 is 0. The fourth-order valence-corrected chi connectivity index (χ4v) is 1.98. The molecule has 22 heavy (non-hydrogen) atoms. The fourth-order valence-electron chi connectivity index (χ4n) is 1.98. The van der Waals surface area contributed by atoms with E-state index < -0.39 is 18.1 Å². The topological polar surface area (TPSA) is 66.8 Å². The standard InChI is InChI=1S/C17H17NO4/c1-13(16(19)20)18(15-10-6-3-7-11-15)17(21)22-12-14-8-4-2-5-9-14/h2-11,13H,12H2,1H3,(H,19,20)/t13-/m1/s1. The number of carbonyl (C=O) groups is 2. The lowest BCUT2D eigenvalue weighted by Gasteiger charge is -2.25. The lowest BCUT2D eigenvalue weighted by Crippen LogP contribution is -2.43. The van der Waals surface area contributed by atoms with E-state index in [4.69, 9.17) is 4.74 Å². The van der Waals surface area contributed by atoms with Crippen molar-refractivity contribution in [2.75, 3.05) is 4.90 Å². The predicted octanol–water partition coefficient (Wildman–Crippen LogP) is 3.30. The van der Waals surface area contributed by atoms with Gasteiger partial charge in [0.25, 0.3) is 0 Å². The number of aliphatic carboxylic acids is 1. The number of benzene rings is 2. The molecule has 2 aromatic rings. The van der Waals surface area contributed by atoms with Gasteiger partial charge in [0.1, 0.15) is 12.6 Å². The van der Waals surface area contributed by atoms with Gasteiger partial charge >= 0.3 is 12.1 Å². The molecule has 0 saturated heterocycles. The van der Waals surface area contributed by atoms with E-state index in [9.17, 15) is 14.7 Å². The summed E-state index contributed by atoms with van der Waals surface area (Å²) in [4.78, 5) is 24.7. The molecule has 1 atom stereocenters. The second-order valence-corrected chi connectivity index (χ2v) is 4.76. The third-order valence-electron chi connectivity index (χ3n) is 3.18. The molecule has 1 N–H and O–H groups in total. The first kappa shape index (κ1) is 15.6. The van der Waals surface area contributed by atoms with Crippen molar-refractivity contribution in [2.45, 2.75) is 19.6 Å². The maximum Gasteiger partial charge on any atom is 0.415 e. The van der Waals surface area contributed by atoms with Crippen molar-refractivity contribution < 1.29 is 19.4 Å². The maximum atomic E-state index is 12.3. The maximum absolute atomic E-state index is 12.3. The predicted molar refractivity (Wildman–Crippen MR) is 82.6 cm³/mol. The van der Waals surface area contributed by atoms with E-state index in [0.717, 1.165) is 10.5 Å². The number of amides is 1. The minimum atomic E-state index is -1.10. The Morgan fingerprint density at radius 3 is 2.14 bits per heavy atom. The van der Waals surface area contributed by atoms with E-state index in [1.165, 1.54) is 6.92 Å². The van der Waals surface area contributed by atoms with Crippen molar-refractivity contribution in [3.05, 3.63) is 66.2 Å². The second-order valence-electron chi connectivity index (χ2n) is 4.76. The Balaban J connectivity index is 2.14. The Labute approximate surface area is 128 Å². The van der Waals surface area contributed by atoms with Crippen LogP contribution in [0.4, 0.5) is 10.5 Å². The minimum Gasteiger partial charge on any atom is -0.480 e. The average Bonchev–Trinajstić information content (AvgIpc) is 2.55. The van der Waals surface area contributed by atoms with Crippen LogP contribution in [0.3, 0.4) is 0 Å². The monoisotopic (exact) mass is 299 g/mol. The zero-order valence-corrected chi connectivity index (χ0v) is 12.2. The van der Waals surface area contributed by atoms with Crippen molar-refractivity contribution in [2.24, 2.45) is 0 Å². The van der Waals surface area contributed by atoms with E-state index in [0.29, 0.717) is 5.69 Å². The lowest BCUT2D eigenvalue weighted by atomic mass is 10.2. The number of carboxylic acids is 1. The first-order valence-corrected chi connectivity index (χ1v) is 6.87. The van der Waals surface area contributed by atoms with E-state index in [1.807, 2.05) is 30.3 Å². The molecule has 0 heterocycles. The molecule has 0 radical (unpaired) electrons. The number of hydrogen-bond donors (Lipinski definition) is 1. The molecule has 0 aliphatic carbocycles. The van der Waals surface area contributed by atoms with Crippen molar-refractivity contribution in [1.29, 1.82) is 0 Å². The highest BCUT2D eigenvalue weighted by atomic mass is 16.6. The fraction of sp³-hybridized carbons (Fsp3) is 0.176. The summed E-state index contributed by atoms with van der Waals surface area (Å²) in [7, 11) is 0. The number of rotatable bonds is 5. The largest absolute Gasteiger partial charge is 0.480 e. The van der Waals surface area contributed by atoms with E-state index in [2.05, 4.69) is 0 Å². The Morgan fingerprint density at radius 2 is 1.59 bits per heavy atom. The molecule has 114 valence electrons. The van der Waals surface area contributed by atoms with Crippen LogP contribution in [0.5, 0.6) is 0 Å². The number of para-hydroxylation sites is 1. The van der Waals surface area contributed by atoms with Gasteiger partial charge in [0.05, 0.1) is 0 Å². The normalized spacial score (nSPS) is 11.5. The average molecular weight is 299 g/mol. The Bertz CT molecular complexity index is 628. The number of nitrogens with zero attached hydrogens (tertiary/aromatic N) is 1. The molecule has 2 aromatic carbocycles. The smallest absolute Gasteiger partial charge is 0.415 e. The van der Waals surface area contributed by atoms with Crippen molar-refractivity contribution in [3.8, 4) is 0 Å².